The van der Waals surface area contributed by atoms with Crippen LogP contribution in [0.3, 0.4) is 0 Å². The van der Waals surface area contributed by atoms with E-state index in [0.717, 1.165) is 81.4 Å². The van der Waals surface area contributed by atoms with Gasteiger partial charge in [-0.1, -0.05) is 48.5 Å². The van der Waals surface area contributed by atoms with Gasteiger partial charge in [-0.15, -0.1) is 0 Å². The zero-order valence-electron chi connectivity index (χ0n) is 19.0. The zero-order valence-corrected chi connectivity index (χ0v) is 19.0. The van der Waals surface area contributed by atoms with Crippen molar-refractivity contribution in [2.75, 3.05) is 52.9 Å². The molecule has 4 rings (SSSR count). The number of pyridine rings is 1. The Morgan fingerprint density at radius 3 is 2.34 bits per heavy atom. The molecular weight excluding hydrogens is 396 g/mol. The summed E-state index contributed by atoms with van der Waals surface area (Å²) >= 11 is 0. The summed E-state index contributed by atoms with van der Waals surface area (Å²) in [6.45, 7) is 8.08. The lowest BCUT2D eigenvalue weighted by molar-refractivity contribution is 0.134. The Morgan fingerprint density at radius 1 is 0.875 bits per heavy atom. The zero-order chi connectivity index (χ0) is 22.0. The Kier molecular flexibility index (Phi) is 8.26. The summed E-state index contributed by atoms with van der Waals surface area (Å²) in [4.78, 5) is 9.49. The summed E-state index contributed by atoms with van der Waals surface area (Å²) in [5, 5.41) is 3.48. The molecule has 2 aromatic carbocycles. The molecule has 0 aliphatic carbocycles. The van der Waals surface area contributed by atoms with E-state index in [1.54, 1.807) is 0 Å². The maximum atomic E-state index is 5.95. The molecule has 0 saturated carbocycles. The second-order valence-corrected chi connectivity index (χ2v) is 8.47. The predicted molar refractivity (Wildman–Crippen MR) is 131 cm³/mol. The van der Waals surface area contributed by atoms with Crippen molar-refractivity contribution in [3.05, 3.63) is 84.2 Å². The molecule has 1 aromatic heterocycles. The van der Waals surface area contributed by atoms with Crippen molar-refractivity contribution in [3.63, 3.8) is 0 Å². The summed E-state index contributed by atoms with van der Waals surface area (Å²) in [5.74, 6) is 0.928. The van der Waals surface area contributed by atoms with Gasteiger partial charge in [0.1, 0.15) is 12.4 Å². The molecule has 1 saturated heterocycles. The molecule has 3 aromatic rings. The van der Waals surface area contributed by atoms with Crippen LogP contribution in [-0.4, -0.2) is 67.7 Å². The first-order valence-electron chi connectivity index (χ1n) is 11.6. The molecule has 0 radical (unpaired) electrons. The van der Waals surface area contributed by atoms with Gasteiger partial charge in [0.15, 0.2) is 0 Å². The maximum Gasteiger partial charge on any atom is 0.119 e. The van der Waals surface area contributed by atoms with Crippen LogP contribution in [0, 0.1) is 0 Å². The van der Waals surface area contributed by atoms with E-state index in [4.69, 9.17) is 4.74 Å². The highest BCUT2D eigenvalue weighted by Crippen LogP contribution is 2.22. The van der Waals surface area contributed by atoms with Crippen LogP contribution in [0.2, 0.25) is 0 Å². The predicted octanol–water partition coefficient (Wildman–Crippen LogP) is 3.71. The number of likely N-dealkylation sites (N-methyl/N-ethyl adjacent to an activating group) is 1. The molecule has 1 aliphatic heterocycles. The molecule has 0 bridgehead atoms. The van der Waals surface area contributed by atoms with Crippen molar-refractivity contribution in [2.45, 2.75) is 13.0 Å². The number of hydrogen-bond acceptors (Lipinski definition) is 5. The van der Waals surface area contributed by atoms with Gasteiger partial charge in [0.25, 0.3) is 0 Å². The highest BCUT2D eigenvalue weighted by atomic mass is 16.5. The molecule has 0 spiro atoms. The van der Waals surface area contributed by atoms with Crippen molar-refractivity contribution >= 4 is 0 Å². The highest BCUT2D eigenvalue weighted by molar-refractivity contribution is 5.63. The van der Waals surface area contributed by atoms with Crippen LogP contribution in [0.25, 0.3) is 11.1 Å². The van der Waals surface area contributed by atoms with Gasteiger partial charge in [0, 0.05) is 69.7 Å². The Morgan fingerprint density at radius 2 is 1.62 bits per heavy atom. The fourth-order valence-corrected chi connectivity index (χ4v) is 3.90. The van der Waals surface area contributed by atoms with Crippen LogP contribution in [0.15, 0.2) is 72.9 Å². The summed E-state index contributed by atoms with van der Waals surface area (Å²) in [6.07, 6.45) is 2.89. The molecule has 1 N–H and O–H groups in total. The molecule has 32 heavy (non-hydrogen) atoms. The largest absolute Gasteiger partial charge is 0.492 e. The van der Waals surface area contributed by atoms with Gasteiger partial charge in [-0.3, -0.25) is 9.88 Å². The number of hydrogen-bond donors (Lipinski definition) is 1. The Labute approximate surface area is 192 Å². The van der Waals surface area contributed by atoms with E-state index in [-0.39, 0.29) is 0 Å². The molecule has 0 atom stereocenters. The van der Waals surface area contributed by atoms with E-state index in [1.165, 1.54) is 5.56 Å². The van der Waals surface area contributed by atoms with Crippen molar-refractivity contribution in [1.29, 1.82) is 0 Å². The minimum atomic E-state index is 0.734. The Hall–Kier alpha value is -2.73. The summed E-state index contributed by atoms with van der Waals surface area (Å²) in [6, 6.07) is 23.1. The first kappa shape index (κ1) is 22.5. The molecule has 2 heterocycles. The average molecular weight is 431 g/mol. The Balaban J connectivity index is 1.19. The van der Waals surface area contributed by atoms with Crippen LogP contribution in [-0.2, 0) is 13.0 Å². The molecule has 5 nitrogen and oxygen atoms in total. The molecule has 5 heteroatoms. The van der Waals surface area contributed by atoms with Gasteiger partial charge >= 0.3 is 0 Å². The van der Waals surface area contributed by atoms with E-state index in [1.807, 2.05) is 12.3 Å². The van der Waals surface area contributed by atoms with E-state index < -0.39 is 0 Å². The number of aromatic nitrogens is 1. The topological polar surface area (TPSA) is 40.6 Å². The monoisotopic (exact) mass is 430 g/mol. The third-order valence-electron chi connectivity index (χ3n) is 6.01. The minimum Gasteiger partial charge on any atom is -0.492 e. The molecule has 0 amide bonds. The quantitative estimate of drug-likeness (QED) is 0.497. The maximum absolute atomic E-state index is 5.95. The highest BCUT2D eigenvalue weighted by Gasteiger charge is 2.13. The van der Waals surface area contributed by atoms with E-state index in [0.29, 0.717) is 0 Å². The fraction of sp³-hybridized carbons (Fsp3) is 0.370. The standard InChI is InChI=1S/C27H34N4O/c1-30-15-17-31(18-16-30)19-20-32-27-11-8-24(9-12-27)25-7-10-26(29-22-25)13-14-28-21-23-5-3-2-4-6-23/h2-12,22,28H,13-21H2,1H3. The summed E-state index contributed by atoms with van der Waals surface area (Å²) in [7, 11) is 2.18. The lowest BCUT2D eigenvalue weighted by atomic mass is 10.1. The molecule has 1 fully saturated rings. The first-order valence-corrected chi connectivity index (χ1v) is 11.6. The van der Waals surface area contributed by atoms with Gasteiger partial charge in [-0.25, -0.2) is 0 Å². The number of ether oxygens (including phenoxy) is 1. The number of piperazine rings is 1. The van der Waals surface area contributed by atoms with E-state index >= 15 is 0 Å². The van der Waals surface area contributed by atoms with Crippen molar-refractivity contribution < 1.29 is 4.74 Å². The van der Waals surface area contributed by atoms with E-state index in [2.05, 4.69) is 87.8 Å². The van der Waals surface area contributed by atoms with Crippen LogP contribution in [0.4, 0.5) is 0 Å². The van der Waals surface area contributed by atoms with Crippen LogP contribution in [0.1, 0.15) is 11.3 Å². The number of nitrogens with one attached hydrogen (secondary N) is 1. The molecule has 0 unspecified atom stereocenters. The molecular formula is C27H34N4O. The third-order valence-corrected chi connectivity index (χ3v) is 6.01. The number of nitrogens with zero attached hydrogens (tertiary/aromatic N) is 3. The van der Waals surface area contributed by atoms with Crippen LogP contribution < -0.4 is 10.1 Å². The van der Waals surface area contributed by atoms with Gasteiger partial charge in [0.2, 0.25) is 0 Å². The second kappa shape index (κ2) is 11.8. The molecule has 1 aliphatic rings. The van der Waals surface area contributed by atoms with Crippen molar-refractivity contribution in [3.8, 4) is 16.9 Å². The number of benzene rings is 2. The number of rotatable bonds is 10. The van der Waals surface area contributed by atoms with Crippen molar-refractivity contribution in [1.82, 2.24) is 20.1 Å². The normalized spacial score (nSPS) is 15.0. The second-order valence-electron chi connectivity index (χ2n) is 8.47. The first-order chi connectivity index (χ1) is 15.8. The summed E-state index contributed by atoms with van der Waals surface area (Å²) < 4.78 is 5.95. The average Bonchev–Trinajstić information content (AvgIpc) is 2.85. The summed E-state index contributed by atoms with van der Waals surface area (Å²) in [5.41, 5.74) is 4.72. The van der Waals surface area contributed by atoms with Gasteiger partial charge < -0.3 is 15.0 Å². The molecule has 168 valence electrons. The fourth-order valence-electron chi connectivity index (χ4n) is 3.90. The van der Waals surface area contributed by atoms with E-state index in [9.17, 15) is 0 Å². The lowest BCUT2D eigenvalue weighted by Gasteiger charge is -2.32. The Bertz CT molecular complexity index is 920. The third kappa shape index (κ3) is 6.89. The van der Waals surface area contributed by atoms with Crippen LogP contribution >= 0.6 is 0 Å². The van der Waals surface area contributed by atoms with Gasteiger partial charge in [0.05, 0.1) is 0 Å². The van der Waals surface area contributed by atoms with Crippen molar-refractivity contribution in [2.24, 2.45) is 0 Å². The lowest BCUT2D eigenvalue weighted by Crippen LogP contribution is -2.45. The van der Waals surface area contributed by atoms with Gasteiger partial charge in [-0.05, 0) is 36.4 Å². The smallest absolute Gasteiger partial charge is 0.119 e. The minimum absolute atomic E-state index is 0.734. The SMILES string of the molecule is CN1CCN(CCOc2ccc(-c3ccc(CCNCc4ccccc4)nc3)cc2)CC1. The van der Waals surface area contributed by atoms with Gasteiger partial charge in [-0.2, -0.15) is 0 Å². The van der Waals surface area contributed by atoms with Crippen LogP contribution in [0.5, 0.6) is 5.75 Å².